The summed E-state index contributed by atoms with van der Waals surface area (Å²) in [5.74, 6) is 0.155. The Bertz CT molecular complexity index is 400. The molecule has 0 radical (unpaired) electrons. The van der Waals surface area contributed by atoms with Crippen LogP contribution in [0.15, 0.2) is 29.4 Å². The predicted molar refractivity (Wildman–Crippen MR) is 74.8 cm³/mol. The van der Waals surface area contributed by atoms with Crippen LogP contribution in [-0.4, -0.2) is 29.0 Å². The number of nitrogens with two attached hydrogens (primary N) is 1. The monoisotopic (exact) mass is 249 g/mol. The minimum absolute atomic E-state index is 0.155. The molecule has 1 aromatic carbocycles. The van der Waals surface area contributed by atoms with E-state index >= 15 is 0 Å². The van der Waals surface area contributed by atoms with Gasteiger partial charge in [0.05, 0.1) is 0 Å². The summed E-state index contributed by atoms with van der Waals surface area (Å²) in [6.07, 6.45) is 2.29. The van der Waals surface area contributed by atoms with Crippen molar-refractivity contribution >= 4 is 5.84 Å². The minimum Gasteiger partial charge on any atom is -0.409 e. The fourth-order valence-electron chi connectivity index (χ4n) is 2.22. The molecule has 0 aliphatic rings. The molecular formula is C14H23N3O. The third-order valence-electron chi connectivity index (χ3n) is 3.33. The van der Waals surface area contributed by atoms with E-state index in [0.717, 1.165) is 24.9 Å². The zero-order chi connectivity index (χ0) is 13.5. The van der Waals surface area contributed by atoms with Crippen LogP contribution < -0.4 is 5.73 Å². The van der Waals surface area contributed by atoms with Crippen LogP contribution in [0.25, 0.3) is 0 Å². The Morgan fingerprint density at radius 2 is 2.06 bits per heavy atom. The van der Waals surface area contributed by atoms with Gasteiger partial charge in [0, 0.05) is 18.2 Å². The highest BCUT2D eigenvalue weighted by Crippen LogP contribution is 2.12. The van der Waals surface area contributed by atoms with Crippen molar-refractivity contribution in [1.29, 1.82) is 0 Å². The second-order valence-electron chi connectivity index (χ2n) is 4.57. The summed E-state index contributed by atoms with van der Waals surface area (Å²) in [6.45, 7) is 5.29. The van der Waals surface area contributed by atoms with E-state index in [0.29, 0.717) is 6.04 Å². The summed E-state index contributed by atoms with van der Waals surface area (Å²) in [6, 6.07) is 8.40. The molecular weight excluding hydrogens is 226 g/mol. The smallest absolute Gasteiger partial charge is 0.170 e. The summed E-state index contributed by atoms with van der Waals surface area (Å²) >= 11 is 0. The highest BCUT2D eigenvalue weighted by Gasteiger charge is 2.11. The lowest BCUT2D eigenvalue weighted by Crippen LogP contribution is -2.30. The average molecular weight is 249 g/mol. The summed E-state index contributed by atoms with van der Waals surface area (Å²) < 4.78 is 0. The number of amidine groups is 1. The molecule has 1 rings (SSSR count). The van der Waals surface area contributed by atoms with Gasteiger partial charge in [0.1, 0.15) is 0 Å². The first-order valence-electron chi connectivity index (χ1n) is 6.39. The summed E-state index contributed by atoms with van der Waals surface area (Å²) in [7, 11) is 2.13. The van der Waals surface area contributed by atoms with Crippen LogP contribution in [0.2, 0.25) is 0 Å². The number of hydrogen-bond acceptors (Lipinski definition) is 3. The molecule has 0 aliphatic heterocycles. The molecule has 0 amide bonds. The fraction of sp³-hybridized carbons (Fsp3) is 0.500. The molecule has 0 bridgehead atoms. The van der Waals surface area contributed by atoms with E-state index in [9.17, 15) is 0 Å². The van der Waals surface area contributed by atoms with Crippen molar-refractivity contribution in [2.45, 2.75) is 39.3 Å². The van der Waals surface area contributed by atoms with E-state index in [2.05, 4.69) is 37.0 Å². The average Bonchev–Trinajstić information content (AvgIpc) is 2.39. The summed E-state index contributed by atoms with van der Waals surface area (Å²) in [5.41, 5.74) is 7.52. The molecule has 0 aromatic heterocycles. The number of benzene rings is 1. The largest absolute Gasteiger partial charge is 0.409 e. The van der Waals surface area contributed by atoms with Crippen molar-refractivity contribution < 1.29 is 5.21 Å². The second-order valence-corrected chi connectivity index (χ2v) is 4.57. The van der Waals surface area contributed by atoms with E-state index in [1.807, 2.05) is 18.2 Å². The normalized spacial score (nSPS) is 12.4. The van der Waals surface area contributed by atoms with Gasteiger partial charge in [0.25, 0.3) is 0 Å². The number of oxime groups is 1. The van der Waals surface area contributed by atoms with Crippen LogP contribution in [0.5, 0.6) is 0 Å². The first kappa shape index (κ1) is 14.5. The zero-order valence-electron chi connectivity index (χ0n) is 11.4. The maximum Gasteiger partial charge on any atom is 0.170 e. The van der Waals surface area contributed by atoms with Gasteiger partial charge in [-0.05, 0) is 31.5 Å². The molecule has 0 atom stereocenters. The van der Waals surface area contributed by atoms with E-state index in [1.54, 1.807) is 0 Å². The molecule has 3 N–H and O–H groups in total. The van der Waals surface area contributed by atoms with E-state index in [-0.39, 0.29) is 5.84 Å². The third kappa shape index (κ3) is 3.74. The number of hydrogen-bond donors (Lipinski definition) is 2. The van der Waals surface area contributed by atoms with Gasteiger partial charge in [-0.1, -0.05) is 37.2 Å². The Labute approximate surface area is 109 Å². The Morgan fingerprint density at radius 1 is 1.39 bits per heavy atom. The maximum absolute atomic E-state index is 8.68. The second kappa shape index (κ2) is 7.01. The highest BCUT2D eigenvalue weighted by molar-refractivity contribution is 5.97. The van der Waals surface area contributed by atoms with Crippen molar-refractivity contribution in [3.8, 4) is 0 Å². The molecule has 0 aliphatic carbocycles. The van der Waals surface area contributed by atoms with Gasteiger partial charge in [-0.3, -0.25) is 4.90 Å². The summed E-state index contributed by atoms with van der Waals surface area (Å²) in [5, 5.41) is 11.7. The standard InChI is InChI=1S/C14H23N3O/c1-4-13(5-2)17(3)10-11-7-6-8-12(9-11)14(15)16-18/h6-9,13,18H,4-5,10H2,1-3H3,(H2,15,16). The van der Waals surface area contributed by atoms with Gasteiger partial charge in [0.15, 0.2) is 5.84 Å². The molecule has 1 aromatic rings. The Kier molecular flexibility index (Phi) is 5.65. The van der Waals surface area contributed by atoms with Crippen molar-refractivity contribution in [3.05, 3.63) is 35.4 Å². The van der Waals surface area contributed by atoms with Crippen LogP contribution >= 0.6 is 0 Å². The molecule has 100 valence electrons. The Morgan fingerprint density at radius 3 is 2.61 bits per heavy atom. The quantitative estimate of drug-likeness (QED) is 0.352. The van der Waals surface area contributed by atoms with E-state index in [4.69, 9.17) is 10.9 Å². The zero-order valence-corrected chi connectivity index (χ0v) is 11.4. The van der Waals surface area contributed by atoms with Crippen LogP contribution in [0, 0.1) is 0 Å². The van der Waals surface area contributed by atoms with Gasteiger partial charge in [-0.25, -0.2) is 0 Å². The van der Waals surface area contributed by atoms with Crippen molar-refractivity contribution in [1.82, 2.24) is 4.90 Å². The third-order valence-corrected chi connectivity index (χ3v) is 3.33. The lowest BCUT2D eigenvalue weighted by atomic mass is 10.1. The van der Waals surface area contributed by atoms with Crippen LogP contribution in [0.1, 0.15) is 37.8 Å². The van der Waals surface area contributed by atoms with Gasteiger partial charge in [0.2, 0.25) is 0 Å². The van der Waals surface area contributed by atoms with Crippen LogP contribution in [-0.2, 0) is 6.54 Å². The topological polar surface area (TPSA) is 61.8 Å². The van der Waals surface area contributed by atoms with Crippen molar-refractivity contribution in [2.75, 3.05) is 7.05 Å². The molecule has 0 unspecified atom stereocenters. The minimum atomic E-state index is 0.155. The molecule has 4 nitrogen and oxygen atoms in total. The van der Waals surface area contributed by atoms with Crippen LogP contribution in [0.3, 0.4) is 0 Å². The molecule has 0 spiro atoms. The number of rotatable bonds is 6. The van der Waals surface area contributed by atoms with E-state index in [1.165, 1.54) is 5.56 Å². The molecule has 0 heterocycles. The van der Waals surface area contributed by atoms with Crippen molar-refractivity contribution in [2.24, 2.45) is 10.9 Å². The molecule has 18 heavy (non-hydrogen) atoms. The van der Waals surface area contributed by atoms with Gasteiger partial charge < -0.3 is 10.9 Å². The molecule has 0 fully saturated rings. The maximum atomic E-state index is 8.68. The predicted octanol–water partition coefficient (Wildman–Crippen LogP) is 2.40. The first-order valence-corrected chi connectivity index (χ1v) is 6.39. The Hall–Kier alpha value is -1.55. The van der Waals surface area contributed by atoms with Gasteiger partial charge in [-0.15, -0.1) is 0 Å². The van der Waals surface area contributed by atoms with Gasteiger partial charge in [-0.2, -0.15) is 0 Å². The van der Waals surface area contributed by atoms with E-state index < -0.39 is 0 Å². The molecule has 0 saturated carbocycles. The Balaban J connectivity index is 2.79. The molecule has 4 heteroatoms. The van der Waals surface area contributed by atoms with Crippen molar-refractivity contribution in [3.63, 3.8) is 0 Å². The number of nitrogens with zero attached hydrogens (tertiary/aromatic N) is 2. The first-order chi connectivity index (χ1) is 8.62. The summed E-state index contributed by atoms with van der Waals surface area (Å²) in [4.78, 5) is 2.34. The lowest BCUT2D eigenvalue weighted by Gasteiger charge is -2.26. The van der Waals surface area contributed by atoms with Gasteiger partial charge >= 0.3 is 0 Å². The molecule has 0 saturated heterocycles. The lowest BCUT2D eigenvalue weighted by molar-refractivity contribution is 0.222. The highest BCUT2D eigenvalue weighted by atomic mass is 16.4. The fourth-order valence-corrected chi connectivity index (χ4v) is 2.22. The van der Waals surface area contributed by atoms with Crippen LogP contribution in [0.4, 0.5) is 0 Å². The SMILES string of the molecule is CCC(CC)N(C)Cc1cccc(/C(N)=N/O)c1.